The Labute approximate surface area is 169 Å². The molecule has 0 aliphatic carbocycles. The van der Waals surface area contributed by atoms with Gasteiger partial charge in [-0.3, -0.25) is 0 Å². The van der Waals surface area contributed by atoms with E-state index in [1.54, 1.807) is 0 Å². The van der Waals surface area contributed by atoms with Crippen LogP contribution in [0.4, 0.5) is 17.6 Å². The van der Waals surface area contributed by atoms with Gasteiger partial charge >= 0.3 is 5.97 Å². The molecule has 0 radical (unpaired) electrons. The van der Waals surface area contributed by atoms with Gasteiger partial charge in [0.25, 0.3) is 0 Å². The lowest BCUT2D eigenvalue weighted by atomic mass is 9.97. The summed E-state index contributed by atoms with van der Waals surface area (Å²) in [7, 11) is 0. The van der Waals surface area contributed by atoms with Crippen LogP contribution in [0, 0.1) is 23.3 Å². The van der Waals surface area contributed by atoms with Crippen molar-refractivity contribution in [2.24, 2.45) is 0 Å². The molecule has 0 amide bonds. The van der Waals surface area contributed by atoms with Crippen molar-refractivity contribution in [2.75, 3.05) is 6.61 Å². The predicted octanol–water partition coefficient (Wildman–Crippen LogP) is 4.86. The molecule has 0 aliphatic heterocycles. The zero-order valence-electron chi connectivity index (χ0n) is 15.5. The van der Waals surface area contributed by atoms with Crippen LogP contribution in [-0.4, -0.2) is 22.8 Å². The highest BCUT2D eigenvalue weighted by Gasteiger charge is 2.18. The molecule has 0 saturated heterocycles. The molecule has 0 atom stereocenters. The number of carboxylic acid groups (broad SMARTS) is 1. The Morgan fingerprint density at radius 3 is 2.40 bits per heavy atom. The third-order valence-corrected chi connectivity index (χ3v) is 4.41. The molecule has 3 aromatic carbocycles. The van der Waals surface area contributed by atoms with E-state index in [4.69, 9.17) is 9.84 Å². The number of aromatic hydroxyl groups is 1. The zero-order valence-corrected chi connectivity index (χ0v) is 15.5. The molecule has 3 aromatic rings. The molecule has 0 saturated carbocycles. The number of halogens is 4. The minimum atomic E-state index is -1.33. The summed E-state index contributed by atoms with van der Waals surface area (Å²) in [5.41, 5.74) is -0.284. The second kappa shape index (κ2) is 8.86. The maximum Gasteiger partial charge on any atom is 0.341 e. The maximum absolute atomic E-state index is 15.0. The van der Waals surface area contributed by atoms with Crippen LogP contribution in [0.5, 0.6) is 11.5 Å². The highest BCUT2D eigenvalue weighted by atomic mass is 19.1. The minimum absolute atomic E-state index is 0.0232. The smallest absolute Gasteiger partial charge is 0.341 e. The maximum atomic E-state index is 15.0. The Hall–Kier alpha value is -3.55. The third kappa shape index (κ3) is 4.71. The molecule has 156 valence electrons. The normalized spacial score (nSPS) is 10.8. The Balaban J connectivity index is 1.89. The van der Waals surface area contributed by atoms with Gasteiger partial charge in [-0.25, -0.2) is 22.4 Å². The lowest BCUT2D eigenvalue weighted by Gasteiger charge is -2.12. The van der Waals surface area contributed by atoms with Gasteiger partial charge in [0.1, 0.15) is 23.2 Å². The summed E-state index contributed by atoms with van der Waals surface area (Å²) in [6.07, 6.45) is -0.469. The number of hydrogen-bond acceptors (Lipinski definition) is 3. The number of hydrogen-bond donors (Lipinski definition) is 2. The summed E-state index contributed by atoms with van der Waals surface area (Å²) in [5, 5.41) is 18.6. The van der Waals surface area contributed by atoms with E-state index < -0.39 is 47.2 Å². The van der Waals surface area contributed by atoms with Gasteiger partial charge in [-0.2, -0.15) is 0 Å². The van der Waals surface area contributed by atoms with Crippen LogP contribution in [0.15, 0.2) is 48.5 Å². The van der Waals surface area contributed by atoms with Crippen molar-refractivity contribution in [3.63, 3.8) is 0 Å². The Morgan fingerprint density at radius 2 is 1.70 bits per heavy atom. The van der Waals surface area contributed by atoms with Crippen molar-refractivity contribution in [1.29, 1.82) is 0 Å². The van der Waals surface area contributed by atoms with E-state index in [1.165, 1.54) is 18.2 Å². The van der Waals surface area contributed by atoms with Crippen LogP contribution in [-0.2, 0) is 17.6 Å². The summed E-state index contributed by atoms with van der Waals surface area (Å²) < 4.78 is 61.8. The zero-order chi connectivity index (χ0) is 21.8. The van der Waals surface area contributed by atoms with Crippen LogP contribution in [0.1, 0.15) is 11.1 Å². The first-order chi connectivity index (χ1) is 14.3. The third-order valence-electron chi connectivity index (χ3n) is 4.41. The minimum Gasteiger partial charge on any atom is -0.508 e. The van der Waals surface area contributed by atoms with E-state index in [9.17, 15) is 27.5 Å². The molecule has 0 bridgehead atoms. The van der Waals surface area contributed by atoms with Gasteiger partial charge in [0, 0.05) is 11.1 Å². The van der Waals surface area contributed by atoms with Crippen molar-refractivity contribution in [1.82, 2.24) is 0 Å². The summed E-state index contributed by atoms with van der Waals surface area (Å²) in [4.78, 5) is 10.6. The Kier molecular flexibility index (Phi) is 6.25. The number of ether oxygens (including phenoxy) is 1. The van der Waals surface area contributed by atoms with Gasteiger partial charge in [0.15, 0.2) is 18.2 Å². The molecular weight excluding hydrogens is 404 g/mol. The molecular formula is C22H16F4O4. The van der Waals surface area contributed by atoms with E-state index in [2.05, 4.69) is 0 Å². The average Bonchev–Trinajstić information content (AvgIpc) is 2.69. The standard InChI is InChI=1S/C22H16F4O4/c23-14-3-1-2-12(8-14)17-10-15(27)9-13(21(17)25)4-5-16-18(24)6-7-19(22(16)26)30-11-20(28)29/h1-3,6-10,27H,4-5,11H2,(H,28,29). The highest BCUT2D eigenvalue weighted by Crippen LogP contribution is 2.31. The highest BCUT2D eigenvalue weighted by molar-refractivity contribution is 5.68. The van der Waals surface area contributed by atoms with E-state index in [-0.39, 0.29) is 35.3 Å². The number of carboxylic acids is 1. The molecule has 0 spiro atoms. The van der Waals surface area contributed by atoms with Crippen LogP contribution in [0.3, 0.4) is 0 Å². The van der Waals surface area contributed by atoms with E-state index >= 15 is 0 Å². The van der Waals surface area contributed by atoms with Gasteiger partial charge in [0.05, 0.1) is 0 Å². The van der Waals surface area contributed by atoms with Crippen LogP contribution >= 0.6 is 0 Å². The fourth-order valence-electron chi connectivity index (χ4n) is 3.03. The fourth-order valence-corrected chi connectivity index (χ4v) is 3.03. The molecule has 0 heterocycles. The SMILES string of the molecule is O=C(O)COc1ccc(F)c(CCc2cc(O)cc(-c3cccc(F)c3)c2F)c1F. The number of aryl methyl sites for hydroxylation is 1. The molecule has 0 aromatic heterocycles. The number of carbonyl (C=O) groups is 1. The van der Waals surface area contributed by atoms with Gasteiger partial charge < -0.3 is 14.9 Å². The summed E-state index contributed by atoms with van der Waals surface area (Å²) in [6.45, 7) is -0.805. The van der Waals surface area contributed by atoms with Crippen molar-refractivity contribution in [3.05, 3.63) is 82.9 Å². The molecule has 0 fully saturated rings. The molecule has 2 N–H and O–H groups in total. The number of aliphatic carboxylic acids is 1. The number of phenols is 1. The van der Waals surface area contributed by atoms with Crippen molar-refractivity contribution in [3.8, 4) is 22.6 Å². The van der Waals surface area contributed by atoms with Crippen LogP contribution < -0.4 is 4.74 Å². The Morgan fingerprint density at radius 1 is 0.933 bits per heavy atom. The quantitative estimate of drug-likeness (QED) is 0.536. The molecule has 0 aliphatic rings. The Bertz CT molecular complexity index is 1100. The summed E-state index contributed by atoms with van der Waals surface area (Å²) in [6, 6.07) is 9.30. The van der Waals surface area contributed by atoms with Gasteiger partial charge in [0.2, 0.25) is 0 Å². The van der Waals surface area contributed by atoms with E-state index in [0.717, 1.165) is 30.3 Å². The van der Waals surface area contributed by atoms with Gasteiger partial charge in [-0.15, -0.1) is 0 Å². The topological polar surface area (TPSA) is 66.8 Å². The fraction of sp³-hybridized carbons (Fsp3) is 0.136. The first-order valence-electron chi connectivity index (χ1n) is 8.85. The van der Waals surface area contributed by atoms with E-state index in [1.807, 2.05) is 0 Å². The molecule has 30 heavy (non-hydrogen) atoms. The molecule has 8 heteroatoms. The monoisotopic (exact) mass is 420 g/mol. The number of benzene rings is 3. The lowest BCUT2D eigenvalue weighted by molar-refractivity contribution is -0.139. The second-order valence-electron chi connectivity index (χ2n) is 6.50. The van der Waals surface area contributed by atoms with E-state index in [0.29, 0.717) is 0 Å². The van der Waals surface area contributed by atoms with Crippen molar-refractivity contribution >= 4 is 5.97 Å². The van der Waals surface area contributed by atoms with Gasteiger partial charge in [-0.1, -0.05) is 12.1 Å². The largest absolute Gasteiger partial charge is 0.508 e. The number of phenolic OH excluding ortho intramolecular Hbond substituents is 1. The number of rotatable bonds is 7. The average molecular weight is 420 g/mol. The first-order valence-corrected chi connectivity index (χ1v) is 8.85. The first kappa shape index (κ1) is 21.2. The lowest BCUT2D eigenvalue weighted by Crippen LogP contribution is -2.11. The summed E-state index contributed by atoms with van der Waals surface area (Å²) >= 11 is 0. The van der Waals surface area contributed by atoms with Gasteiger partial charge in [-0.05, 0) is 60.4 Å². The second-order valence-corrected chi connectivity index (χ2v) is 6.50. The van der Waals surface area contributed by atoms with Crippen molar-refractivity contribution in [2.45, 2.75) is 12.8 Å². The molecule has 3 rings (SSSR count). The van der Waals surface area contributed by atoms with Crippen molar-refractivity contribution < 1.29 is 37.3 Å². The predicted molar refractivity (Wildman–Crippen MR) is 100 cm³/mol. The van der Waals surface area contributed by atoms with Crippen LogP contribution in [0.2, 0.25) is 0 Å². The van der Waals surface area contributed by atoms with Crippen LogP contribution in [0.25, 0.3) is 11.1 Å². The molecule has 0 unspecified atom stereocenters. The molecule has 4 nitrogen and oxygen atoms in total. The summed E-state index contributed by atoms with van der Waals surface area (Å²) in [5.74, 6) is -5.37.